The smallest absolute Gasteiger partial charge is 0.266 e. The van der Waals surface area contributed by atoms with Gasteiger partial charge in [-0.3, -0.25) is 14.7 Å². The first-order valence-electron chi connectivity index (χ1n) is 9.23. The molecule has 0 spiro atoms. The van der Waals surface area contributed by atoms with Gasteiger partial charge in [0.2, 0.25) is 0 Å². The van der Waals surface area contributed by atoms with Gasteiger partial charge in [0, 0.05) is 31.4 Å². The molecule has 0 bridgehead atoms. The molecular weight excluding hydrogens is 342 g/mol. The Hall–Kier alpha value is -1.75. The number of amides is 1. The summed E-state index contributed by atoms with van der Waals surface area (Å²) in [5.41, 5.74) is 3.93. The van der Waals surface area contributed by atoms with Crippen molar-refractivity contribution in [2.24, 2.45) is 4.99 Å². The number of carbonyl (C=O) groups is 1. The lowest BCUT2D eigenvalue weighted by atomic mass is 9.79. The molecule has 0 aliphatic carbocycles. The summed E-state index contributed by atoms with van der Waals surface area (Å²) in [6.07, 6.45) is 3.12. The first-order chi connectivity index (χ1) is 12.2. The van der Waals surface area contributed by atoms with Crippen molar-refractivity contribution < 1.29 is 4.79 Å². The minimum atomic E-state index is 0.0197. The molecule has 2 heterocycles. The fraction of sp³-hybridized carbons (Fsp3) is 0.524. The van der Waals surface area contributed by atoms with Crippen LogP contribution in [-0.4, -0.2) is 41.7 Å². The minimum absolute atomic E-state index is 0.0197. The molecule has 1 atom stereocenters. The van der Waals surface area contributed by atoms with E-state index in [0.717, 1.165) is 22.1 Å². The van der Waals surface area contributed by atoms with Gasteiger partial charge in [-0.05, 0) is 81.1 Å². The number of fused-ring (bicyclic) bond motifs is 1. The zero-order valence-corrected chi connectivity index (χ0v) is 17.6. The van der Waals surface area contributed by atoms with E-state index in [9.17, 15) is 4.79 Å². The monoisotopic (exact) mass is 371 g/mol. The van der Waals surface area contributed by atoms with Gasteiger partial charge in [-0.2, -0.15) is 0 Å². The molecule has 1 aromatic carbocycles. The number of hydrogen-bond acceptors (Lipinski definition) is 4. The second-order valence-electron chi connectivity index (χ2n) is 8.18. The van der Waals surface area contributed by atoms with Crippen molar-refractivity contribution in [3.05, 3.63) is 34.2 Å². The maximum Gasteiger partial charge on any atom is 0.266 e. The summed E-state index contributed by atoms with van der Waals surface area (Å²) >= 11 is 1.44. The lowest BCUT2D eigenvalue weighted by molar-refractivity contribution is -0.121. The van der Waals surface area contributed by atoms with E-state index in [1.54, 1.807) is 19.0 Å². The molecule has 0 N–H and O–H groups in total. The lowest BCUT2D eigenvalue weighted by Crippen LogP contribution is -2.51. The minimum Gasteiger partial charge on any atom is -0.364 e. The van der Waals surface area contributed by atoms with Crippen LogP contribution in [0.1, 0.15) is 58.1 Å². The second kappa shape index (κ2) is 6.76. The van der Waals surface area contributed by atoms with E-state index in [1.807, 2.05) is 6.08 Å². The number of thioether (sulfide) groups is 1. The van der Waals surface area contributed by atoms with Crippen LogP contribution in [0.25, 0.3) is 6.08 Å². The fourth-order valence-corrected chi connectivity index (χ4v) is 5.37. The van der Waals surface area contributed by atoms with E-state index in [4.69, 9.17) is 0 Å². The van der Waals surface area contributed by atoms with E-state index in [1.165, 1.54) is 23.0 Å². The number of anilines is 1. The predicted molar refractivity (Wildman–Crippen MR) is 113 cm³/mol. The van der Waals surface area contributed by atoms with Crippen molar-refractivity contribution in [2.45, 2.75) is 58.5 Å². The first kappa shape index (κ1) is 19.0. The average molecular weight is 372 g/mol. The molecule has 0 saturated carbocycles. The Kier molecular flexibility index (Phi) is 4.95. The van der Waals surface area contributed by atoms with E-state index >= 15 is 0 Å². The molecule has 0 aromatic heterocycles. The number of rotatable bonds is 2. The highest BCUT2D eigenvalue weighted by Gasteiger charge is 2.37. The van der Waals surface area contributed by atoms with E-state index in [-0.39, 0.29) is 11.4 Å². The van der Waals surface area contributed by atoms with Gasteiger partial charge in [-0.15, -0.1) is 0 Å². The Labute approximate surface area is 161 Å². The Morgan fingerprint density at radius 3 is 2.62 bits per heavy atom. The summed E-state index contributed by atoms with van der Waals surface area (Å²) in [4.78, 5) is 21.5. The Morgan fingerprint density at radius 2 is 2.04 bits per heavy atom. The quantitative estimate of drug-likeness (QED) is 0.706. The van der Waals surface area contributed by atoms with Crippen LogP contribution in [0.3, 0.4) is 0 Å². The number of hydrogen-bond donors (Lipinski definition) is 0. The third-order valence-corrected chi connectivity index (χ3v) is 6.46. The molecule has 5 heteroatoms. The summed E-state index contributed by atoms with van der Waals surface area (Å²) in [6, 6.07) is 7.06. The van der Waals surface area contributed by atoms with E-state index in [0.29, 0.717) is 12.0 Å². The molecule has 1 saturated heterocycles. The van der Waals surface area contributed by atoms with Crippen molar-refractivity contribution in [1.82, 2.24) is 4.90 Å². The van der Waals surface area contributed by atoms with Gasteiger partial charge in [0.15, 0.2) is 5.17 Å². The molecular formula is C21H29N3OS. The van der Waals surface area contributed by atoms with Crippen molar-refractivity contribution in [2.75, 3.05) is 19.0 Å². The normalized spacial score (nSPS) is 25.5. The molecule has 2 aliphatic rings. The number of carbonyl (C=O) groups excluding carboxylic acids is 1. The summed E-state index contributed by atoms with van der Waals surface area (Å²) in [6.45, 7) is 11.5. The van der Waals surface area contributed by atoms with Gasteiger partial charge < -0.3 is 4.90 Å². The molecule has 2 aliphatic heterocycles. The van der Waals surface area contributed by atoms with Crippen molar-refractivity contribution in [1.29, 1.82) is 0 Å². The van der Waals surface area contributed by atoms with Gasteiger partial charge >= 0.3 is 0 Å². The summed E-state index contributed by atoms with van der Waals surface area (Å²) in [5.74, 6) is 0.516. The topological polar surface area (TPSA) is 35.9 Å². The lowest BCUT2D eigenvalue weighted by Gasteiger charge is -2.50. The molecule has 1 aromatic rings. The van der Waals surface area contributed by atoms with Crippen LogP contribution in [0, 0.1) is 0 Å². The highest BCUT2D eigenvalue weighted by atomic mass is 32.2. The fourth-order valence-electron chi connectivity index (χ4n) is 4.44. The van der Waals surface area contributed by atoms with Crippen LogP contribution in [0.5, 0.6) is 0 Å². The van der Waals surface area contributed by atoms with Crippen molar-refractivity contribution in [3.8, 4) is 0 Å². The maximum absolute atomic E-state index is 12.4. The van der Waals surface area contributed by atoms with Gasteiger partial charge in [0.25, 0.3) is 5.91 Å². The number of aliphatic imine (C=N–C) groups is 1. The Bertz CT molecular complexity index is 794. The molecule has 0 unspecified atom stereocenters. The molecule has 4 nitrogen and oxygen atoms in total. The van der Waals surface area contributed by atoms with Crippen LogP contribution >= 0.6 is 11.8 Å². The zero-order valence-electron chi connectivity index (χ0n) is 16.8. The van der Waals surface area contributed by atoms with Gasteiger partial charge in [0.1, 0.15) is 0 Å². The number of benzene rings is 1. The van der Waals surface area contributed by atoms with Crippen LogP contribution < -0.4 is 4.90 Å². The SMILES string of the molecule is CN=C1S/C(=C\c2ccc3c(c2)[C@@H](C)CC(C)(C)N3C(C)C)C(=O)N1C. The van der Waals surface area contributed by atoms with E-state index < -0.39 is 0 Å². The number of amidine groups is 1. The Balaban J connectivity index is 2.01. The highest BCUT2D eigenvalue weighted by Crippen LogP contribution is 2.45. The third-order valence-electron chi connectivity index (χ3n) is 5.31. The zero-order chi connectivity index (χ0) is 19.2. The van der Waals surface area contributed by atoms with Crippen molar-refractivity contribution in [3.63, 3.8) is 0 Å². The van der Waals surface area contributed by atoms with Gasteiger partial charge in [-0.25, -0.2) is 0 Å². The standard InChI is InChI=1S/C21H29N3OS/c1-13(2)24-17-9-8-15(10-16(17)14(3)12-21(24,4)5)11-18-19(25)23(7)20(22-6)26-18/h8-11,13-14H,12H2,1-7H3/b18-11-,22-20?/t14-/m0/s1. The first-order valence-corrected chi connectivity index (χ1v) is 10.0. The summed E-state index contributed by atoms with van der Waals surface area (Å²) in [5, 5.41) is 0.750. The molecule has 140 valence electrons. The third kappa shape index (κ3) is 3.18. The summed E-state index contributed by atoms with van der Waals surface area (Å²) < 4.78 is 0. The second-order valence-corrected chi connectivity index (χ2v) is 9.19. The van der Waals surface area contributed by atoms with Crippen LogP contribution in [-0.2, 0) is 4.79 Å². The largest absolute Gasteiger partial charge is 0.364 e. The number of nitrogens with zero attached hydrogens (tertiary/aromatic N) is 3. The molecule has 26 heavy (non-hydrogen) atoms. The highest BCUT2D eigenvalue weighted by molar-refractivity contribution is 8.18. The maximum atomic E-state index is 12.4. The Morgan fingerprint density at radius 1 is 1.35 bits per heavy atom. The van der Waals surface area contributed by atoms with Crippen LogP contribution in [0.15, 0.2) is 28.1 Å². The average Bonchev–Trinajstić information content (AvgIpc) is 2.82. The predicted octanol–water partition coefficient (Wildman–Crippen LogP) is 4.72. The summed E-state index contributed by atoms with van der Waals surface area (Å²) in [7, 11) is 3.49. The van der Waals surface area contributed by atoms with Crippen LogP contribution in [0.2, 0.25) is 0 Å². The van der Waals surface area contributed by atoms with Crippen molar-refractivity contribution >= 4 is 34.6 Å². The molecule has 0 radical (unpaired) electrons. The molecule has 3 rings (SSSR count). The van der Waals surface area contributed by atoms with Gasteiger partial charge in [0.05, 0.1) is 4.91 Å². The van der Waals surface area contributed by atoms with Gasteiger partial charge in [-0.1, -0.05) is 13.0 Å². The number of likely N-dealkylation sites (N-methyl/N-ethyl adjacent to an activating group) is 1. The van der Waals surface area contributed by atoms with Crippen LogP contribution in [0.4, 0.5) is 5.69 Å². The molecule has 1 fully saturated rings. The molecule has 1 amide bonds. The van der Waals surface area contributed by atoms with E-state index in [2.05, 4.69) is 62.7 Å².